The van der Waals surface area contributed by atoms with Gasteiger partial charge >= 0.3 is 5.69 Å². The van der Waals surface area contributed by atoms with Gasteiger partial charge in [0.25, 0.3) is 5.56 Å². The Morgan fingerprint density at radius 1 is 1.42 bits per heavy atom. The number of nitrogens with zero attached hydrogens (tertiary/aromatic N) is 2. The molecule has 1 aromatic carbocycles. The van der Waals surface area contributed by atoms with Crippen molar-refractivity contribution in [3.05, 3.63) is 50.8 Å². The van der Waals surface area contributed by atoms with Crippen LogP contribution in [0.1, 0.15) is 0 Å². The van der Waals surface area contributed by atoms with Crippen LogP contribution in [-0.2, 0) is 6.54 Å². The van der Waals surface area contributed by atoms with Crippen molar-refractivity contribution in [2.75, 3.05) is 12.3 Å². The number of nitro benzene ring substituents is 1. The molecule has 0 aliphatic rings. The van der Waals surface area contributed by atoms with Gasteiger partial charge in [0.1, 0.15) is 12.4 Å². The predicted molar refractivity (Wildman–Crippen MR) is 68.1 cm³/mol. The molecule has 19 heavy (non-hydrogen) atoms. The number of benzene rings is 1. The molecular weight excluding hydrogens is 252 g/mol. The highest BCUT2D eigenvalue weighted by Crippen LogP contribution is 2.25. The van der Waals surface area contributed by atoms with Crippen LogP contribution in [0, 0.1) is 10.1 Å². The summed E-state index contributed by atoms with van der Waals surface area (Å²) in [5.41, 5.74) is 5.03. The zero-order valence-corrected chi connectivity index (χ0v) is 9.91. The molecule has 0 bridgehead atoms. The van der Waals surface area contributed by atoms with Crippen molar-refractivity contribution in [1.29, 1.82) is 0 Å². The zero-order chi connectivity index (χ0) is 13.8. The van der Waals surface area contributed by atoms with E-state index in [9.17, 15) is 14.9 Å². The number of anilines is 1. The molecule has 1 heterocycles. The number of aromatic amines is 1. The first-order valence-electron chi connectivity index (χ1n) is 5.49. The highest BCUT2D eigenvalue weighted by molar-refractivity contribution is 5.45. The van der Waals surface area contributed by atoms with Crippen molar-refractivity contribution in [3.63, 3.8) is 0 Å². The summed E-state index contributed by atoms with van der Waals surface area (Å²) >= 11 is 0. The second-order valence-corrected chi connectivity index (χ2v) is 3.77. The molecule has 8 nitrogen and oxygen atoms in total. The Labute approximate surface area is 107 Å². The van der Waals surface area contributed by atoms with Crippen LogP contribution in [0.5, 0.6) is 5.75 Å². The van der Waals surface area contributed by atoms with Crippen LogP contribution < -0.4 is 16.0 Å². The maximum absolute atomic E-state index is 11.3. The second-order valence-electron chi connectivity index (χ2n) is 3.77. The van der Waals surface area contributed by atoms with Crippen molar-refractivity contribution in [3.8, 4) is 5.75 Å². The minimum absolute atomic E-state index is 0.110. The number of ether oxygens (including phenoxy) is 1. The molecule has 0 saturated carbocycles. The Balaban J connectivity index is 2.02. The third-order valence-corrected chi connectivity index (χ3v) is 2.44. The van der Waals surface area contributed by atoms with Gasteiger partial charge in [-0.2, -0.15) is 0 Å². The van der Waals surface area contributed by atoms with Crippen LogP contribution in [-0.4, -0.2) is 21.3 Å². The summed E-state index contributed by atoms with van der Waals surface area (Å²) in [5.74, 6) is 0.427. The number of H-pyrrole nitrogens is 1. The molecule has 0 spiro atoms. The molecule has 0 atom stereocenters. The summed E-state index contributed by atoms with van der Waals surface area (Å²) in [6.07, 6.45) is 0. The molecule has 0 unspecified atom stereocenters. The summed E-state index contributed by atoms with van der Waals surface area (Å²) < 4.78 is 6.57. The van der Waals surface area contributed by atoms with Gasteiger partial charge in [-0.1, -0.05) is 12.1 Å². The number of nitrogen functional groups attached to an aromatic ring is 1. The van der Waals surface area contributed by atoms with Gasteiger partial charge in [-0.15, -0.1) is 0 Å². The molecule has 0 aliphatic carbocycles. The van der Waals surface area contributed by atoms with Gasteiger partial charge in [-0.05, 0) is 6.07 Å². The molecule has 3 N–H and O–H groups in total. The standard InChI is InChI=1S/C11H12N4O4/c12-10-7-11(16)14(13-10)5-6-19-9-4-2-1-3-8(9)15(17)18/h1-4,7,13H,5-6,12H2. The van der Waals surface area contributed by atoms with E-state index >= 15 is 0 Å². The van der Waals surface area contributed by atoms with Gasteiger partial charge in [0.05, 0.1) is 11.5 Å². The third kappa shape index (κ3) is 2.92. The zero-order valence-electron chi connectivity index (χ0n) is 9.91. The van der Waals surface area contributed by atoms with Gasteiger partial charge in [0.15, 0.2) is 5.75 Å². The molecule has 8 heteroatoms. The highest BCUT2D eigenvalue weighted by atomic mass is 16.6. The second kappa shape index (κ2) is 5.25. The number of hydrogen-bond acceptors (Lipinski definition) is 5. The van der Waals surface area contributed by atoms with E-state index in [1.807, 2.05) is 0 Å². The van der Waals surface area contributed by atoms with Crippen LogP contribution >= 0.6 is 0 Å². The van der Waals surface area contributed by atoms with Crippen LogP contribution in [0.3, 0.4) is 0 Å². The Morgan fingerprint density at radius 3 is 2.79 bits per heavy atom. The summed E-state index contributed by atoms with van der Waals surface area (Å²) in [6.45, 7) is 0.340. The van der Waals surface area contributed by atoms with E-state index < -0.39 is 4.92 Å². The van der Waals surface area contributed by atoms with E-state index in [4.69, 9.17) is 10.5 Å². The molecule has 2 rings (SSSR count). The molecule has 100 valence electrons. The lowest BCUT2D eigenvalue weighted by Crippen LogP contribution is -2.20. The first-order valence-corrected chi connectivity index (χ1v) is 5.49. The van der Waals surface area contributed by atoms with Crippen molar-refractivity contribution >= 4 is 11.5 Å². The fourth-order valence-corrected chi connectivity index (χ4v) is 1.60. The highest BCUT2D eigenvalue weighted by Gasteiger charge is 2.13. The summed E-state index contributed by atoms with van der Waals surface area (Å²) in [4.78, 5) is 21.6. The minimum Gasteiger partial charge on any atom is -0.485 e. The molecule has 0 aliphatic heterocycles. The quantitative estimate of drug-likeness (QED) is 0.610. The SMILES string of the molecule is Nc1cc(=O)n(CCOc2ccccc2[N+](=O)[O-])[nH]1. The summed E-state index contributed by atoms with van der Waals surface area (Å²) in [6, 6.07) is 7.31. The lowest BCUT2D eigenvalue weighted by Gasteiger charge is -2.06. The number of nitro groups is 1. The predicted octanol–water partition coefficient (Wildman–Crippen LogP) is 0.746. The fourth-order valence-electron chi connectivity index (χ4n) is 1.60. The number of hydrogen-bond donors (Lipinski definition) is 2. The summed E-state index contributed by atoms with van der Waals surface area (Å²) in [5, 5.41) is 13.4. The van der Waals surface area contributed by atoms with Gasteiger partial charge in [0.2, 0.25) is 0 Å². The van der Waals surface area contributed by atoms with Crippen molar-refractivity contribution in [2.45, 2.75) is 6.54 Å². The fraction of sp³-hybridized carbons (Fsp3) is 0.182. The molecule has 0 fully saturated rings. The van der Waals surface area contributed by atoms with Crippen molar-refractivity contribution < 1.29 is 9.66 Å². The molecular formula is C11H12N4O4. The van der Waals surface area contributed by atoms with Gasteiger partial charge in [0, 0.05) is 12.1 Å². The largest absolute Gasteiger partial charge is 0.485 e. The van der Waals surface area contributed by atoms with E-state index in [-0.39, 0.29) is 36.0 Å². The topological polar surface area (TPSA) is 116 Å². The van der Waals surface area contributed by atoms with E-state index in [0.29, 0.717) is 0 Å². The van der Waals surface area contributed by atoms with E-state index in [1.165, 1.54) is 22.9 Å². The molecule has 0 radical (unpaired) electrons. The van der Waals surface area contributed by atoms with E-state index in [1.54, 1.807) is 12.1 Å². The van der Waals surface area contributed by atoms with E-state index in [2.05, 4.69) is 5.10 Å². The Morgan fingerprint density at radius 2 is 2.16 bits per heavy atom. The smallest absolute Gasteiger partial charge is 0.310 e. The number of para-hydroxylation sites is 2. The lowest BCUT2D eigenvalue weighted by molar-refractivity contribution is -0.385. The average molecular weight is 264 g/mol. The monoisotopic (exact) mass is 264 g/mol. The van der Waals surface area contributed by atoms with Crippen LogP contribution in [0.2, 0.25) is 0 Å². The first kappa shape index (κ1) is 12.7. The van der Waals surface area contributed by atoms with Crippen LogP contribution in [0.4, 0.5) is 11.5 Å². The Bertz CT molecular complexity index is 646. The molecule has 2 aromatic rings. The van der Waals surface area contributed by atoms with Gasteiger partial charge in [-0.25, -0.2) is 4.68 Å². The molecule has 0 amide bonds. The van der Waals surface area contributed by atoms with Gasteiger partial charge < -0.3 is 10.5 Å². The average Bonchev–Trinajstić information content (AvgIpc) is 2.68. The van der Waals surface area contributed by atoms with Crippen molar-refractivity contribution in [2.24, 2.45) is 0 Å². The number of nitrogens with one attached hydrogen (secondary N) is 1. The first-order chi connectivity index (χ1) is 9.08. The normalized spacial score (nSPS) is 10.3. The lowest BCUT2D eigenvalue weighted by atomic mass is 10.3. The molecule has 1 aromatic heterocycles. The Kier molecular flexibility index (Phi) is 3.51. The maximum Gasteiger partial charge on any atom is 0.310 e. The molecule has 0 saturated heterocycles. The van der Waals surface area contributed by atoms with Crippen molar-refractivity contribution in [1.82, 2.24) is 9.78 Å². The van der Waals surface area contributed by atoms with E-state index in [0.717, 1.165) is 0 Å². The maximum atomic E-state index is 11.3. The summed E-state index contributed by atoms with van der Waals surface area (Å²) in [7, 11) is 0. The minimum atomic E-state index is -0.520. The number of aromatic nitrogens is 2. The number of nitrogens with two attached hydrogens (primary N) is 1. The van der Waals surface area contributed by atoms with Crippen LogP contribution in [0.25, 0.3) is 0 Å². The number of rotatable bonds is 5. The Hall–Kier alpha value is -2.77. The third-order valence-electron chi connectivity index (χ3n) is 2.44. The van der Waals surface area contributed by atoms with Crippen LogP contribution in [0.15, 0.2) is 35.1 Å². The van der Waals surface area contributed by atoms with Gasteiger partial charge in [-0.3, -0.25) is 20.0 Å².